The SMILES string of the molecule is CCNC(=NCCc1ccc(OCC(=O)NC2CC2)cc1)NC1CCS(=O)(=O)C1.I. The summed E-state index contributed by atoms with van der Waals surface area (Å²) < 4.78 is 28.7. The van der Waals surface area contributed by atoms with Crippen LogP contribution in [-0.2, 0) is 21.1 Å². The Morgan fingerprint density at radius 3 is 2.47 bits per heavy atom. The number of nitrogens with one attached hydrogen (secondary N) is 3. The van der Waals surface area contributed by atoms with Gasteiger partial charge in [-0.15, -0.1) is 24.0 Å². The molecule has 3 N–H and O–H groups in total. The first-order chi connectivity index (χ1) is 13.9. The first-order valence-corrected chi connectivity index (χ1v) is 12.0. The normalized spacial score (nSPS) is 20.2. The summed E-state index contributed by atoms with van der Waals surface area (Å²) in [6.07, 6.45) is 3.50. The van der Waals surface area contributed by atoms with E-state index in [1.807, 2.05) is 31.2 Å². The minimum absolute atomic E-state index is 0. The van der Waals surface area contributed by atoms with E-state index >= 15 is 0 Å². The second-order valence-electron chi connectivity index (χ2n) is 7.53. The van der Waals surface area contributed by atoms with Gasteiger partial charge in [0.2, 0.25) is 0 Å². The number of carbonyl (C=O) groups excluding carboxylic acids is 1. The van der Waals surface area contributed by atoms with Gasteiger partial charge in [0.25, 0.3) is 5.91 Å². The van der Waals surface area contributed by atoms with Gasteiger partial charge in [0, 0.05) is 25.2 Å². The van der Waals surface area contributed by atoms with E-state index < -0.39 is 9.84 Å². The van der Waals surface area contributed by atoms with Crippen LogP contribution in [0, 0.1) is 0 Å². The van der Waals surface area contributed by atoms with Crippen LogP contribution in [0.3, 0.4) is 0 Å². The molecule has 8 nitrogen and oxygen atoms in total. The van der Waals surface area contributed by atoms with E-state index in [0.29, 0.717) is 37.3 Å². The summed E-state index contributed by atoms with van der Waals surface area (Å²) in [4.78, 5) is 16.2. The molecule has 1 aliphatic heterocycles. The van der Waals surface area contributed by atoms with Crippen LogP contribution in [0.15, 0.2) is 29.3 Å². The summed E-state index contributed by atoms with van der Waals surface area (Å²) >= 11 is 0. The number of rotatable bonds is 9. The Balaban J connectivity index is 0.00000320. The van der Waals surface area contributed by atoms with E-state index in [-0.39, 0.29) is 54.0 Å². The summed E-state index contributed by atoms with van der Waals surface area (Å²) in [5.41, 5.74) is 1.11. The van der Waals surface area contributed by atoms with Crippen molar-refractivity contribution >= 4 is 45.7 Å². The third-order valence-electron chi connectivity index (χ3n) is 4.82. The van der Waals surface area contributed by atoms with Gasteiger partial charge in [0.1, 0.15) is 5.75 Å². The number of benzene rings is 1. The van der Waals surface area contributed by atoms with Crippen molar-refractivity contribution in [2.24, 2.45) is 4.99 Å². The van der Waals surface area contributed by atoms with E-state index in [1.165, 1.54) is 0 Å². The molecule has 30 heavy (non-hydrogen) atoms. The first kappa shape index (κ1) is 24.7. The van der Waals surface area contributed by atoms with Crippen molar-refractivity contribution in [1.82, 2.24) is 16.0 Å². The van der Waals surface area contributed by atoms with Gasteiger partial charge in [-0.1, -0.05) is 12.1 Å². The summed E-state index contributed by atoms with van der Waals surface area (Å²) in [5.74, 6) is 1.64. The topological polar surface area (TPSA) is 109 Å². The molecule has 1 saturated heterocycles. The lowest BCUT2D eigenvalue weighted by atomic mass is 10.1. The van der Waals surface area contributed by atoms with Crippen LogP contribution in [0.5, 0.6) is 5.75 Å². The lowest BCUT2D eigenvalue weighted by Crippen LogP contribution is -2.44. The van der Waals surface area contributed by atoms with Crippen LogP contribution >= 0.6 is 24.0 Å². The Morgan fingerprint density at radius 2 is 1.87 bits per heavy atom. The van der Waals surface area contributed by atoms with Crippen LogP contribution < -0.4 is 20.7 Å². The third kappa shape index (κ3) is 8.66. The molecule has 1 aromatic carbocycles. The maximum absolute atomic E-state index is 11.7. The quantitative estimate of drug-likeness (QED) is 0.243. The van der Waals surface area contributed by atoms with Gasteiger partial charge >= 0.3 is 0 Å². The van der Waals surface area contributed by atoms with Crippen molar-refractivity contribution in [3.63, 3.8) is 0 Å². The molecule has 1 amide bonds. The van der Waals surface area contributed by atoms with E-state index in [1.54, 1.807) is 0 Å². The fourth-order valence-corrected chi connectivity index (χ4v) is 4.79. The number of ether oxygens (including phenoxy) is 1. The molecule has 0 radical (unpaired) electrons. The molecule has 10 heteroatoms. The van der Waals surface area contributed by atoms with Crippen LogP contribution in [0.2, 0.25) is 0 Å². The average Bonchev–Trinajstić information content (AvgIpc) is 3.42. The highest BCUT2D eigenvalue weighted by Crippen LogP contribution is 2.18. The molecular formula is C20H31IN4O4S. The van der Waals surface area contributed by atoms with E-state index in [0.717, 1.165) is 24.8 Å². The molecule has 0 aromatic heterocycles. The average molecular weight is 550 g/mol. The molecule has 1 aromatic rings. The van der Waals surface area contributed by atoms with Gasteiger partial charge in [0.15, 0.2) is 22.4 Å². The smallest absolute Gasteiger partial charge is 0.258 e. The molecule has 2 fully saturated rings. The zero-order valence-electron chi connectivity index (χ0n) is 17.2. The van der Waals surface area contributed by atoms with Crippen molar-refractivity contribution in [3.8, 4) is 5.75 Å². The highest BCUT2D eigenvalue weighted by Gasteiger charge is 2.28. The molecule has 0 bridgehead atoms. The molecule has 1 aliphatic carbocycles. The maximum atomic E-state index is 11.7. The zero-order chi connectivity index (χ0) is 20.7. The van der Waals surface area contributed by atoms with Gasteiger partial charge in [-0.2, -0.15) is 0 Å². The van der Waals surface area contributed by atoms with Gasteiger partial charge < -0.3 is 20.7 Å². The van der Waals surface area contributed by atoms with Crippen molar-refractivity contribution in [1.29, 1.82) is 0 Å². The molecule has 168 valence electrons. The predicted octanol–water partition coefficient (Wildman–Crippen LogP) is 1.25. The van der Waals surface area contributed by atoms with Crippen molar-refractivity contribution in [3.05, 3.63) is 29.8 Å². The number of hydrogen-bond acceptors (Lipinski definition) is 5. The monoisotopic (exact) mass is 550 g/mol. The Labute approximate surface area is 195 Å². The highest BCUT2D eigenvalue weighted by molar-refractivity contribution is 14.0. The number of sulfone groups is 1. The number of carbonyl (C=O) groups is 1. The van der Waals surface area contributed by atoms with E-state index in [2.05, 4.69) is 20.9 Å². The summed E-state index contributed by atoms with van der Waals surface area (Å²) in [7, 11) is -2.92. The minimum Gasteiger partial charge on any atom is -0.484 e. The lowest BCUT2D eigenvalue weighted by molar-refractivity contribution is -0.123. The van der Waals surface area contributed by atoms with Gasteiger partial charge in [0.05, 0.1) is 11.5 Å². The van der Waals surface area contributed by atoms with Crippen molar-refractivity contribution < 1.29 is 17.9 Å². The second-order valence-corrected chi connectivity index (χ2v) is 9.76. The molecule has 0 spiro atoms. The van der Waals surface area contributed by atoms with Crippen molar-refractivity contribution in [2.75, 3.05) is 31.2 Å². The van der Waals surface area contributed by atoms with E-state index in [4.69, 9.17) is 4.74 Å². The maximum Gasteiger partial charge on any atom is 0.258 e. The fraction of sp³-hybridized carbons (Fsp3) is 0.600. The molecule has 1 atom stereocenters. The second kappa shape index (κ2) is 11.7. The number of amides is 1. The number of nitrogens with zero attached hydrogens (tertiary/aromatic N) is 1. The Bertz CT molecular complexity index is 826. The minimum atomic E-state index is -2.92. The van der Waals surface area contributed by atoms with E-state index in [9.17, 15) is 13.2 Å². The van der Waals surface area contributed by atoms with Crippen molar-refractivity contribution in [2.45, 2.75) is 44.7 Å². The van der Waals surface area contributed by atoms with Crippen LogP contribution in [0.1, 0.15) is 31.7 Å². The van der Waals surface area contributed by atoms with Crippen LogP contribution in [0.4, 0.5) is 0 Å². The highest BCUT2D eigenvalue weighted by atomic mass is 127. The first-order valence-electron chi connectivity index (χ1n) is 10.2. The molecule has 1 heterocycles. The fourth-order valence-electron chi connectivity index (χ4n) is 3.12. The Kier molecular flexibility index (Phi) is 9.66. The van der Waals surface area contributed by atoms with Gasteiger partial charge in [-0.25, -0.2) is 8.42 Å². The number of aliphatic imine (C=N–C) groups is 1. The summed E-state index contributed by atoms with van der Waals surface area (Å²) in [6.45, 7) is 3.31. The molecule has 1 unspecified atom stereocenters. The van der Waals surface area contributed by atoms with Gasteiger partial charge in [-0.3, -0.25) is 9.79 Å². The predicted molar refractivity (Wildman–Crippen MR) is 128 cm³/mol. The number of halogens is 1. The lowest BCUT2D eigenvalue weighted by Gasteiger charge is -2.15. The third-order valence-corrected chi connectivity index (χ3v) is 6.59. The van der Waals surface area contributed by atoms with Crippen LogP contribution in [0.25, 0.3) is 0 Å². The number of guanidine groups is 1. The molecular weight excluding hydrogens is 519 g/mol. The largest absolute Gasteiger partial charge is 0.484 e. The number of hydrogen-bond donors (Lipinski definition) is 3. The molecule has 3 rings (SSSR count). The summed E-state index contributed by atoms with van der Waals surface area (Å²) in [5, 5.41) is 9.27. The standard InChI is InChI=1S/C20H30N4O4S.HI/c1-2-21-20(24-17-10-12-29(26,27)14-17)22-11-9-15-3-7-18(8-4-15)28-13-19(25)23-16-5-6-16;/h3-4,7-8,16-17H,2,5-6,9-14H2,1H3,(H,23,25)(H2,21,22,24);1H. The Hall–Kier alpha value is -1.56. The molecule has 1 saturated carbocycles. The van der Waals surface area contributed by atoms with Gasteiger partial charge in [-0.05, 0) is 50.3 Å². The Morgan fingerprint density at radius 1 is 1.13 bits per heavy atom. The summed E-state index contributed by atoms with van der Waals surface area (Å²) in [6, 6.07) is 7.91. The zero-order valence-corrected chi connectivity index (χ0v) is 20.4. The molecule has 2 aliphatic rings. The van der Waals surface area contributed by atoms with Crippen LogP contribution in [-0.4, -0.2) is 63.6 Å².